The number of hydrogen-bond donors (Lipinski definition) is 3. The van der Waals surface area contributed by atoms with Gasteiger partial charge in [0.15, 0.2) is 0 Å². The van der Waals surface area contributed by atoms with Crippen LogP contribution in [0, 0.1) is 0 Å². The summed E-state index contributed by atoms with van der Waals surface area (Å²) in [6, 6.07) is 0. The van der Waals surface area contributed by atoms with Gasteiger partial charge in [-0.25, -0.2) is 9.59 Å². The maximum Gasteiger partial charge on any atom is 0.339 e. The predicted octanol–water partition coefficient (Wildman–Crippen LogP) is 0.0400. The number of carboxylic acid groups (broad SMARTS) is 1. The van der Waals surface area contributed by atoms with Gasteiger partial charge in [-0.2, -0.15) is 12.6 Å². The fourth-order valence-corrected chi connectivity index (χ4v) is 0.853. The van der Waals surface area contributed by atoms with Crippen LogP contribution in [0.1, 0.15) is 20.8 Å². The van der Waals surface area contributed by atoms with Crippen LogP contribution in [-0.4, -0.2) is 33.9 Å². The first-order valence-electron chi connectivity index (χ1n) is 4.00. The van der Waals surface area contributed by atoms with E-state index in [0.717, 1.165) is 0 Å². The van der Waals surface area contributed by atoms with Crippen LogP contribution in [0.15, 0.2) is 0 Å². The van der Waals surface area contributed by atoms with E-state index in [0.29, 0.717) is 0 Å². The minimum absolute atomic E-state index is 0.308. The molecule has 0 aromatic rings. The van der Waals surface area contributed by atoms with Crippen LogP contribution < -0.4 is 5.73 Å². The van der Waals surface area contributed by atoms with E-state index in [2.05, 4.69) is 12.6 Å². The molecule has 6 heteroatoms. The average molecular weight is 221 g/mol. The molecule has 0 aliphatic rings. The van der Waals surface area contributed by atoms with Gasteiger partial charge in [0, 0.05) is 5.75 Å². The molecule has 0 unspecified atom stereocenters. The number of carbonyl (C=O) groups is 2. The summed E-state index contributed by atoms with van der Waals surface area (Å²) in [6.07, 6.45) is 0. The van der Waals surface area contributed by atoms with Gasteiger partial charge in [0.2, 0.25) is 5.54 Å². The van der Waals surface area contributed by atoms with Crippen molar-refractivity contribution < 1.29 is 19.4 Å². The van der Waals surface area contributed by atoms with Crippen LogP contribution in [0.3, 0.4) is 0 Å². The number of hydrogen-bond acceptors (Lipinski definition) is 5. The fourth-order valence-electron chi connectivity index (χ4n) is 0.589. The first-order valence-corrected chi connectivity index (χ1v) is 4.63. The summed E-state index contributed by atoms with van der Waals surface area (Å²) < 4.78 is 4.86. The molecule has 5 nitrogen and oxygen atoms in total. The Balaban J connectivity index is 4.73. The maximum absolute atomic E-state index is 11.4. The molecule has 0 amide bonds. The van der Waals surface area contributed by atoms with Crippen molar-refractivity contribution in [2.75, 3.05) is 5.75 Å². The molecular weight excluding hydrogens is 206 g/mol. The second kappa shape index (κ2) is 4.18. The molecular formula is C8H15NO4S. The van der Waals surface area contributed by atoms with E-state index in [1.54, 1.807) is 20.8 Å². The monoisotopic (exact) mass is 221 g/mol. The van der Waals surface area contributed by atoms with E-state index < -0.39 is 23.1 Å². The van der Waals surface area contributed by atoms with Crippen molar-refractivity contribution in [3.05, 3.63) is 0 Å². The van der Waals surface area contributed by atoms with Crippen LogP contribution >= 0.6 is 12.6 Å². The van der Waals surface area contributed by atoms with Crippen LogP contribution in [0.4, 0.5) is 0 Å². The predicted molar refractivity (Wildman–Crippen MR) is 54.3 cm³/mol. The van der Waals surface area contributed by atoms with Gasteiger partial charge >= 0.3 is 11.9 Å². The minimum Gasteiger partial charge on any atom is -0.479 e. The average Bonchev–Trinajstić information content (AvgIpc) is 1.99. The van der Waals surface area contributed by atoms with Gasteiger partial charge in [-0.05, 0) is 20.8 Å². The Bertz CT molecular complexity index is 248. The first kappa shape index (κ1) is 13.2. The third-order valence-electron chi connectivity index (χ3n) is 1.39. The Morgan fingerprint density at radius 2 is 1.86 bits per heavy atom. The molecule has 82 valence electrons. The highest BCUT2D eigenvalue weighted by Gasteiger charge is 2.44. The number of esters is 1. The molecule has 0 saturated carbocycles. The van der Waals surface area contributed by atoms with Crippen LogP contribution in [0.2, 0.25) is 0 Å². The molecule has 0 fully saturated rings. The Hall–Kier alpha value is -0.750. The summed E-state index contributed by atoms with van der Waals surface area (Å²) in [5, 5.41) is 8.73. The summed E-state index contributed by atoms with van der Waals surface area (Å²) >= 11 is 3.72. The van der Waals surface area contributed by atoms with E-state index >= 15 is 0 Å². The SMILES string of the molecule is CC(C)(C)OC(=O)[C@@](N)(CS)C(=O)O. The van der Waals surface area contributed by atoms with Crippen LogP contribution in [0.5, 0.6) is 0 Å². The number of rotatable bonds is 3. The van der Waals surface area contributed by atoms with E-state index in [1.165, 1.54) is 0 Å². The van der Waals surface area contributed by atoms with Crippen molar-refractivity contribution >= 4 is 24.6 Å². The number of aliphatic carboxylic acids is 1. The van der Waals surface area contributed by atoms with Gasteiger partial charge in [-0.3, -0.25) is 0 Å². The molecule has 0 spiro atoms. The van der Waals surface area contributed by atoms with Gasteiger partial charge in [0.25, 0.3) is 0 Å². The van der Waals surface area contributed by atoms with Gasteiger partial charge in [0.1, 0.15) is 5.60 Å². The highest BCUT2D eigenvalue weighted by Crippen LogP contribution is 2.14. The maximum atomic E-state index is 11.4. The number of thiol groups is 1. The quantitative estimate of drug-likeness (QED) is 0.356. The van der Waals surface area contributed by atoms with Crippen molar-refractivity contribution in [1.29, 1.82) is 0 Å². The van der Waals surface area contributed by atoms with Crippen molar-refractivity contribution in [1.82, 2.24) is 0 Å². The molecule has 0 aromatic heterocycles. The molecule has 0 radical (unpaired) electrons. The zero-order valence-electron chi connectivity index (χ0n) is 8.40. The topological polar surface area (TPSA) is 89.6 Å². The molecule has 0 aromatic carbocycles. The summed E-state index contributed by atoms with van der Waals surface area (Å²) in [6.45, 7) is 4.89. The van der Waals surface area contributed by atoms with E-state index in [9.17, 15) is 9.59 Å². The van der Waals surface area contributed by atoms with Crippen molar-refractivity contribution in [3.63, 3.8) is 0 Å². The number of ether oxygens (including phenoxy) is 1. The Morgan fingerprint density at radius 3 is 2.07 bits per heavy atom. The minimum atomic E-state index is -2.07. The first-order chi connectivity index (χ1) is 6.13. The third kappa shape index (κ3) is 3.19. The lowest BCUT2D eigenvalue weighted by Crippen LogP contribution is -2.58. The summed E-state index contributed by atoms with van der Waals surface area (Å²) in [7, 11) is 0. The van der Waals surface area contributed by atoms with Gasteiger partial charge < -0.3 is 15.6 Å². The lowest BCUT2D eigenvalue weighted by Gasteiger charge is -2.26. The molecule has 0 rings (SSSR count). The van der Waals surface area contributed by atoms with Crippen molar-refractivity contribution in [3.8, 4) is 0 Å². The third-order valence-corrected chi connectivity index (χ3v) is 1.89. The Morgan fingerprint density at radius 1 is 1.43 bits per heavy atom. The molecule has 0 aliphatic carbocycles. The Kier molecular flexibility index (Phi) is 3.96. The van der Waals surface area contributed by atoms with Crippen LogP contribution in [-0.2, 0) is 14.3 Å². The van der Waals surface area contributed by atoms with Gasteiger partial charge in [-0.1, -0.05) is 0 Å². The van der Waals surface area contributed by atoms with E-state index in [1.807, 2.05) is 0 Å². The number of carbonyl (C=O) groups excluding carboxylic acids is 1. The number of carboxylic acids is 1. The molecule has 0 aliphatic heterocycles. The summed E-state index contributed by atoms with van der Waals surface area (Å²) in [4.78, 5) is 22.1. The second-order valence-corrected chi connectivity index (χ2v) is 4.25. The molecule has 14 heavy (non-hydrogen) atoms. The zero-order valence-corrected chi connectivity index (χ0v) is 9.30. The van der Waals surface area contributed by atoms with Gasteiger partial charge in [-0.15, -0.1) is 0 Å². The van der Waals surface area contributed by atoms with Crippen LogP contribution in [0.25, 0.3) is 0 Å². The molecule has 0 saturated heterocycles. The highest BCUT2D eigenvalue weighted by atomic mass is 32.1. The van der Waals surface area contributed by atoms with E-state index in [4.69, 9.17) is 15.6 Å². The zero-order chi connectivity index (χ0) is 11.6. The molecule has 1 atom stereocenters. The lowest BCUT2D eigenvalue weighted by atomic mass is 10.0. The second-order valence-electron chi connectivity index (χ2n) is 3.94. The lowest BCUT2D eigenvalue weighted by molar-refractivity contribution is -0.167. The standard InChI is InChI=1S/C8H15NO4S/c1-7(2,3)13-6(12)8(9,4-14)5(10)11/h14H,4,9H2,1-3H3,(H,10,11)/t8-/m1/s1. The molecule has 0 heterocycles. The van der Waals surface area contributed by atoms with E-state index in [-0.39, 0.29) is 5.75 Å². The molecule has 0 bridgehead atoms. The van der Waals surface area contributed by atoms with Gasteiger partial charge in [0.05, 0.1) is 0 Å². The Labute approximate surface area is 88.0 Å². The summed E-state index contributed by atoms with van der Waals surface area (Å²) in [5.41, 5.74) is 2.50. The largest absolute Gasteiger partial charge is 0.479 e. The normalized spacial score (nSPS) is 15.8. The fraction of sp³-hybridized carbons (Fsp3) is 0.750. The smallest absolute Gasteiger partial charge is 0.339 e. The summed E-state index contributed by atoms with van der Waals surface area (Å²) in [5.74, 6) is -2.73. The van der Waals surface area contributed by atoms with Crippen molar-refractivity contribution in [2.45, 2.75) is 31.9 Å². The van der Waals surface area contributed by atoms with Crippen molar-refractivity contribution in [2.24, 2.45) is 5.73 Å². The number of nitrogens with two attached hydrogens (primary N) is 1. The molecule has 3 N–H and O–H groups in total. The highest BCUT2D eigenvalue weighted by molar-refractivity contribution is 7.80.